The highest BCUT2D eigenvalue weighted by Crippen LogP contribution is 2.44. The van der Waals surface area contributed by atoms with Gasteiger partial charge in [0.25, 0.3) is 0 Å². The summed E-state index contributed by atoms with van der Waals surface area (Å²) in [6.45, 7) is 3.52. The molecular weight excluding hydrogens is 496 g/mol. The van der Waals surface area contributed by atoms with Crippen LogP contribution in [0.3, 0.4) is 0 Å². The lowest BCUT2D eigenvalue weighted by molar-refractivity contribution is -0.148. The van der Waals surface area contributed by atoms with E-state index in [4.69, 9.17) is 9.47 Å². The second-order valence-electron chi connectivity index (χ2n) is 9.08. The first kappa shape index (κ1) is 26.4. The van der Waals surface area contributed by atoms with Crippen LogP contribution in [-0.2, 0) is 28.9 Å². The summed E-state index contributed by atoms with van der Waals surface area (Å²) in [6.07, 6.45) is 0.247. The lowest BCUT2D eigenvalue weighted by atomic mass is 9.98. The van der Waals surface area contributed by atoms with Gasteiger partial charge in [0, 0.05) is 26.1 Å². The van der Waals surface area contributed by atoms with Gasteiger partial charge < -0.3 is 14.4 Å². The zero-order chi connectivity index (χ0) is 26.6. The van der Waals surface area contributed by atoms with Crippen LogP contribution in [0.25, 0.3) is 11.1 Å². The summed E-state index contributed by atoms with van der Waals surface area (Å²) < 4.78 is 34.3. The fourth-order valence-corrected chi connectivity index (χ4v) is 5.93. The van der Waals surface area contributed by atoms with E-state index >= 15 is 0 Å². The monoisotopic (exact) mass is 526 g/mol. The molecule has 2 aromatic carbocycles. The first-order valence-corrected chi connectivity index (χ1v) is 13.9. The predicted molar refractivity (Wildman–Crippen MR) is 138 cm³/mol. The molecule has 9 nitrogen and oxygen atoms in total. The normalized spacial score (nSPS) is 16.7. The van der Waals surface area contributed by atoms with Gasteiger partial charge in [-0.3, -0.25) is 14.5 Å². The molecule has 1 aliphatic carbocycles. The standard InChI is InChI=1S/C27H30N2O7S/c1-3-14-35-25(30)17-24(26(31)29-12-15-37(33,34)16-13-29)28(2)27(32)36-18-23-21-10-6-4-8-19(21)20-9-5-7-11-22(20)23/h3-11,23-24H,1,12-18H2,2H3/t24-/m0/s1. The second-order valence-corrected chi connectivity index (χ2v) is 11.4. The Morgan fingerprint density at radius 3 is 2.16 bits per heavy atom. The Morgan fingerprint density at radius 2 is 1.59 bits per heavy atom. The summed E-state index contributed by atoms with van der Waals surface area (Å²) >= 11 is 0. The molecule has 10 heteroatoms. The predicted octanol–water partition coefficient (Wildman–Crippen LogP) is 2.61. The average molecular weight is 527 g/mol. The van der Waals surface area contributed by atoms with Crippen LogP contribution >= 0.6 is 0 Å². The highest BCUT2D eigenvalue weighted by Gasteiger charge is 2.37. The third-order valence-electron chi connectivity index (χ3n) is 6.75. The van der Waals surface area contributed by atoms with Crippen molar-refractivity contribution in [3.63, 3.8) is 0 Å². The fraction of sp³-hybridized carbons (Fsp3) is 0.370. The van der Waals surface area contributed by atoms with E-state index in [2.05, 4.69) is 6.58 Å². The van der Waals surface area contributed by atoms with E-state index in [1.807, 2.05) is 48.5 Å². The van der Waals surface area contributed by atoms with Gasteiger partial charge in [-0.25, -0.2) is 13.2 Å². The number of carbonyl (C=O) groups is 3. The molecule has 2 aromatic rings. The quantitative estimate of drug-likeness (QED) is 0.384. The summed E-state index contributed by atoms with van der Waals surface area (Å²) in [5.41, 5.74) is 4.28. The summed E-state index contributed by atoms with van der Waals surface area (Å²) in [4.78, 5) is 41.2. The van der Waals surface area contributed by atoms with E-state index < -0.39 is 40.3 Å². The van der Waals surface area contributed by atoms with Crippen LogP contribution in [0.5, 0.6) is 0 Å². The second kappa shape index (κ2) is 11.2. The SMILES string of the molecule is C=CCOC(=O)C[C@@H](C(=O)N1CCS(=O)(=O)CC1)N(C)C(=O)OCC1c2ccccc2-c2ccccc21. The van der Waals surface area contributed by atoms with Crippen molar-refractivity contribution in [2.45, 2.75) is 18.4 Å². The van der Waals surface area contributed by atoms with Gasteiger partial charge in [0.05, 0.1) is 17.9 Å². The highest BCUT2D eigenvalue weighted by molar-refractivity contribution is 7.91. The van der Waals surface area contributed by atoms with E-state index in [0.717, 1.165) is 27.2 Å². The number of nitrogens with zero attached hydrogens (tertiary/aromatic N) is 2. The molecule has 0 saturated carbocycles. The van der Waals surface area contributed by atoms with E-state index in [9.17, 15) is 22.8 Å². The summed E-state index contributed by atoms with van der Waals surface area (Å²) in [5, 5.41) is 0. The Balaban J connectivity index is 1.48. The smallest absolute Gasteiger partial charge is 0.410 e. The summed E-state index contributed by atoms with van der Waals surface area (Å²) in [5.74, 6) is -1.70. The van der Waals surface area contributed by atoms with E-state index in [1.54, 1.807) is 0 Å². The molecule has 0 spiro atoms. The number of fused-ring (bicyclic) bond motifs is 3. The number of carbonyl (C=O) groups excluding carboxylic acids is 3. The van der Waals surface area contributed by atoms with Gasteiger partial charge in [-0.1, -0.05) is 61.2 Å². The molecule has 196 valence electrons. The molecule has 0 N–H and O–H groups in total. The first-order valence-electron chi connectivity index (χ1n) is 12.1. The Morgan fingerprint density at radius 1 is 1.03 bits per heavy atom. The lowest BCUT2D eigenvalue weighted by Gasteiger charge is -2.33. The minimum atomic E-state index is -3.22. The zero-order valence-corrected chi connectivity index (χ0v) is 21.5. The third kappa shape index (κ3) is 5.85. The van der Waals surface area contributed by atoms with Crippen LogP contribution < -0.4 is 0 Å². The van der Waals surface area contributed by atoms with Crippen molar-refractivity contribution < 1.29 is 32.3 Å². The summed E-state index contributed by atoms with van der Waals surface area (Å²) in [7, 11) is -1.82. The molecule has 2 aliphatic rings. The largest absolute Gasteiger partial charge is 0.461 e. The van der Waals surface area contributed by atoms with Crippen molar-refractivity contribution in [3.8, 4) is 11.1 Å². The van der Waals surface area contributed by atoms with Crippen molar-refractivity contribution in [1.82, 2.24) is 9.80 Å². The van der Waals surface area contributed by atoms with Crippen LogP contribution in [0.4, 0.5) is 4.79 Å². The molecular formula is C27H30N2O7S. The first-order chi connectivity index (χ1) is 17.7. The van der Waals surface area contributed by atoms with Gasteiger partial charge in [-0.2, -0.15) is 0 Å². The molecule has 1 fully saturated rings. The molecule has 0 bridgehead atoms. The number of benzene rings is 2. The lowest BCUT2D eigenvalue weighted by Crippen LogP contribution is -2.54. The van der Waals surface area contributed by atoms with E-state index in [-0.39, 0.29) is 43.7 Å². The molecule has 1 saturated heterocycles. The number of hydrogen-bond acceptors (Lipinski definition) is 7. The highest BCUT2D eigenvalue weighted by atomic mass is 32.2. The van der Waals surface area contributed by atoms with Crippen LogP contribution in [0, 0.1) is 0 Å². The van der Waals surface area contributed by atoms with Gasteiger partial charge in [-0.15, -0.1) is 0 Å². The number of sulfone groups is 1. The van der Waals surface area contributed by atoms with E-state index in [1.165, 1.54) is 18.0 Å². The Bertz CT molecular complexity index is 1250. The molecule has 0 radical (unpaired) electrons. The van der Waals surface area contributed by atoms with Gasteiger partial charge in [0.2, 0.25) is 5.91 Å². The molecule has 0 aromatic heterocycles. The molecule has 1 aliphatic heterocycles. The Kier molecular flexibility index (Phi) is 7.97. The Labute approximate surface area is 216 Å². The number of amides is 2. The molecule has 2 amide bonds. The molecule has 1 heterocycles. The van der Waals surface area contributed by atoms with Gasteiger partial charge in [0.1, 0.15) is 19.3 Å². The number of hydrogen-bond donors (Lipinski definition) is 0. The minimum absolute atomic E-state index is 0.00208. The number of likely N-dealkylation sites (N-methyl/N-ethyl adjacent to an activating group) is 1. The van der Waals surface area contributed by atoms with Crippen LogP contribution in [0.2, 0.25) is 0 Å². The minimum Gasteiger partial charge on any atom is -0.461 e. The maximum atomic E-state index is 13.3. The van der Waals surface area contributed by atoms with Crippen molar-refractivity contribution >= 4 is 27.8 Å². The van der Waals surface area contributed by atoms with Crippen molar-refractivity contribution in [3.05, 3.63) is 72.3 Å². The van der Waals surface area contributed by atoms with Crippen molar-refractivity contribution in [1.29, 1.82) is 0 Å². The topological polar surface area (TPSA) is 110 Å². The molecule has 4 rings (SSSR count). The number of rotatable bonds is 8. The number of ether oxygens (including phenoxy) is 2. The maximum absolute atomic E-state index is 13.3. The maximum Gasteiger partial charge on any atom is 0.410 e. The van der Waals surface area contributed by atoms with Crippen LogP contribution in [0.15, 0.2) is 61.2 Å². The van der Waals surface area contributed by atoms with Crippen LogP contribution in [0.1, 0.15) is 23.5 Å². The van der Waals surface area contributed by atoms with Crippen LogP contribution in [-0.4, -0.2) is 87.1 Å². The van der Waals surface area contributed by atoms with Gasteiger partial charge >= 0.3 is 12.1 Å². The third-order valence-corrected chi connectivity index (χ3v) is 8.36. The fourth-order valence-electron chi connectivity index (χ4n) is 4.73. The summed E-state index contributed by atoms with van der Waals surface area (Å²) in [6, 6.07) is 14.7. The number of esters is 1. The van der Waals surface area contributed by atoms with E-state index in [0.29, 0.717) is 0 Å². The van der Waals surface area contributed by atoms with Gasteiger partial charge in [0.15, 0.2) is 9.84 Å². The zero-order valence-electron chi connectivity index (χ0n) is 20.7. The van der Waals surface area contributed by atoms with Gasteiger partial charge in [-0.05, 0) is 22.3 Å². The average Bonchev–Trinajstić information content (AvgIpc) is 3.22. The molecule has 0 unspecified atom stereocenters. The molecule has 1 atom stereocenters. The van der Waals surface area contributed by atoms with Crippen molar-refractivity contribution in [2.75, 3.05) is 44.9 Å². The Hall–Kier alpha value is -3.66. The molecule has 37 heavy (non-hydrogen) atoms. The van der Waals surface area contributed by atoms with Crippen molar-refractivity contribution in [2.24, 2.45) is 0 Å².